The van der Waals surface area contributed by atoms with Gasteiger partial charge < -0.3 is 0 Å². The van der Waals surface area contributed by atoms with Crippen molar-refractivity contribution in [2.24, 2.45) is 0 Å². The van der Waals surface area contributed by atoms with Crippen molar-refractivity contribution in [1.29, 1.82) is 0 Å². The molecule has 1 aromatic heterocycles. The quantitative estimate of drug-likeness (QED) is 0.166. The summed E-state index contributed by atoms with van der Waals surface area (Å²) in [6, 6.07) is 60.3. The van der Waals surface area contributed by atoms with Crippen LogP contribution in [-0.2, 0) is 0 Å². The van der Waals surface area contributed by atoms with Gasteiger partial charge in [0.25, 0.3) is 0 Å². The normalized spacial score (nSPS) is 11.9. The fourth-order valence-electron chi connectivity index (χ4n) is 9.05. The van der Waals surface area contributed by atoms with E-state index in [0.29, 0.717) is 17.5 Å². The van der Waals surface area contributed by atoms with Gasteiger partial charge in [-0.15, -0.1) is 0 Å². The van der Waals surface area contributed by atoms with Crippen LogP contribution in [-0.4, -0.2) is 15.0 Å². The number of allylic oxidation sites excluding steroid dienone is 1. The van der Waals surface area contributed by atoms with Crippen LogP contribution in [0.15, 0.2) is 176 Å². The lowest BCUT2D eigenvalue weighted by atomic mass is 9.83. The molecule has 4 bridgehead atoms. The van der Waals surface area contributed by atoms with Gasteiger partial charge in [0.1, 0.15) is 0 Å². The number of benzene rings is 8. The lowest BCUT2D eigenvalue weighted by Gasteiger charge is -2.20. The fraction of sp³-hybridized carbons (Fsp3) is 0.0185. The molecular weight excluding hydrogens is 691 g/mol. The van der Waals surface area contributed by atoms with Crippen molar-refractivity contribution in [1.82, 2.24) is 15.0 Å². The van der Waals surface area contributed by atoms with Crippen molar-refractivity contribution in [3.63, 3.8) is 0 Å². The van der Waals surface area contributed by atoms with Crippen LogP contribution < -0.4 is 5.22 Å². The first-order valence-electron chi connectivity index (χ1n) is 19.4. The molecule has 0 saturated carbocycles. The largest absolute Gasteiger partial charge is 0.208 e. The zero-order chi connectivity index (χ0) is 38.0. The third-order valence-electron chi connectivity index (χ3n) is 11.5. The molecule has 0 N–H and O–H groups in total. The van der Waals surface area contributed by atoms with E-state index in [2.05, 4.69) is 153 Å². The number of aromatic nitrogens is 3. The van der Waals surface area contributed by atoms with Crippen LogP contribution in [0.2, 0.25) is 0 Å². The Balaban J connectivity index is 1.29. The predicted molar refractivity (Wildman–Crippen MR) is 242 cm³/mol. The van der Waals surface area contributed by atoms with Gasteiger partial charge in [-0.3, -0.25) is 0 Å². The number of hydrogen-bond acceptors (Lipinski definition) is 3. The molecule has 0 fully saturated rings. The van der Waals surface area contributed by atoms with Crippen molar-refractivity contribution < 1.29 is 0 Å². The maximum absolute atomic E-state index is 5.15. The van der Waals surface area contributed by atoms with E-state index < -0.39 is 0 Å². The van der Waals surface area contributed by atoms with Crippen LogP contribution in [0.1, 0.15) is 12.5 Å². The molecule has 12 aromatic rings. The molecule has 3 heteroatoms. The van der Waals surface area contributed by atoms with E-state index in [1.165, 1.54) is 70.2 Å². The Morgan fingerprint density at radius 1 is 0.368 bits per heavy atom. The molecule has 1 heterocycles. The monoisotopic (exact) mass is 725 g/mol. The Labute approximate surface area is 329 Å². The van der Waals surface area contributed by atoms with Gasteiger partial charge >= 0.3 is 0 Å². The Kier molecular flexibility index (Phi) is 7.55. The van der Waals surface area contributed by atoms with Gasteiger partial charge in [-0.05, 0) is 99.5 Å². The van der Waals surface area contributed by atoms with E-state index in [4.69, 9.17) is 21.5 Å². The Morgan fingerprint density at radius 3 is 1.51 bits per heavy atom. The molecule has 3 nitrogen and oxygen atoms in total. The summed E-state index contributed by atoms with van der Waals surface area (Å²) in [4.78, 5) is 15.3. The molecular formula is C54H35N3. The average molecular weight is 726 g/mol. The highest BCUT2D eigenvalue weighted by atomic mass is 15.0. The predicted octanol–water partition coefficient (Wildman–Crippen LogP) is 13.6. The zero-order valence-electron chi connectivity index (χ0n) is 31.4. The van der Waals surface area contributed by atoms with Gasteiger partial charge in [-0.1, -0.05) is 183 Å². The first-order chi connectivity index (χ1) is 28.2. The minimum absolute atomic E-state index is 0.632. The van der Waals surface area contributed by atoms with Crippen LogP contribution in [0.4, 0.5) is 0 Å². The minimum atomic E-state index is 0.632. The van der Waals surface area contributed by atoms with Crippen molar-refractivity contribution in [3.8, 4) is 45.3 Å². The third kappa shape index (κ3) is 5.10. The lowest BCUT2D eigenvalue weighted by Crippen LogP contribution is -2.05. The smallest absolute Gasteiger partial charge is 0.164 e. The van der Waals surface area contributed by atoms with Crippen LogP contribution in [0, 0.1) is 0 Å². The Morgan fingerprint density at radius 2 is 0.860 bits per heavy atom. The highest BCUT2D eigenvalue weighted by Crippen LogP contribution is 2.46. The Hall–Kier alpha value is -7.49. The molecule has 0 aliphatic heterocycles. The van der Waals surface area contributed by atoms with Crippen molar-refractivity contribution >= 4 is 77.3 Å². The van der Waals surface area contributed by atoms with Crippen molar-refractivity contribution in [2.45, 2.75) is 6.92 Å². The average Bonchev–Trinajstić information content (AvgIpc) is 3.27. The molecule has 0 atom stereocenters. The molecule has 12 rings (SSSR count). The van der Waals surface area contributed by atoms with Gasteiger partial charge in [0, 0.05) is 16.7 Å². The second-order valence-corrected chi connectivity index (χ2v) is 14.7. The topological polar surface area (TPSA) is 38.7 Å². The molecule has 266 valence electrons. The maximum Gasteiger partial charge on any atom is 0.164 e. The number of hydrogen-bond donors (Lipinski definition) is 0. The first-order valence-corrected chi connectivity index (χ1v) is 19.4. The molecule has 0 saturated heterocycles. The van der Waals surface area contributed by atoms with E-state index in [1.807, 2.05) is 36.4 Å². The van der Waals surface area contributed by atoms with Gasteiger partial charge in [0.2, 0.25) is 0 Å². The van der Waals surface area contributed by atoms with Crippen LogP contribution >= 0.6 is 0 Å². The van der Waals surface area contributed by atoms with E-state index in [0.717, 1.165) is 33.0 Å². The lowest BCUT2D eigenvalue weighted by molar-refractivity contribution is 1.07. The van der Waals surface area contributed by atoms with Gasteiger partial charge in [-0.2, -0.15) is 0 Å². The third-order valence-corrected chi connectivity index (χ3v) is 11.5. The highest BCUT2D eigenvalue weighted by molar-refractivity contribution is 6.40. The molecule has 0 aliphatic carbocycles. The van der Waals surface area contributed by atoms with Crippen molar-refractivity contribution in [2.75, 3.05) is 0 Å². The summed E-state index contributed by atoms with van der Waals surface area (Å²) >= 11 is 0. The summed E-state index contributed by atoms with van der Waals surface area (Å²) in [5, 5.41) is 15.7. The summed E-state index contributed by atoms with van der Waals surface area (Å²) in [5.74, 6) is 1.91. The second-order valence-electron chi connectivity index (χ2n) is 14.7. The summed E-state index contributed by atoms with van der Waals surface area (Å²) in [6.07, 6.45) is 4.42. The van der Waals surface area contributed by atoms with E-state index in [9.17, 15) is 0 Å². The van der Waals surface area contributed by atoms with E-state index >= 15 is 0 Å². The highest BCUT2D eigenvalue weighted by Gasteiger charge is 2.21. The summed E-state index contributed by atoms with van der Waals surface area (Å²) in [5.41, 5.74) is 6.14. The number of nitrogens with zero attached hydrogens (tertiary/aromatic N) is 3. The van der Waals surface area contributed by atoms with Gasteiger partial charge in [-0.25, -0.2) is 15.0 Å². The van der Waals surface area contributed by atoms with Crippen LogP contribution in [0.5, 0.6) is 0 Å². The summed E-state index contributed by atoms with van der Waals surface area (Å²) < 4.78 is 0. The minimum Gasteiger partial charge on any atom is -0.208 e. The molecule has 0 aliphatic rings. The number of rotatable bonds is 5. The second kappa shape index (κ2) is 13.1. The fourth-order valence-corrected chi connectivity index (χ4v) is 9.05. The number of fused-ring (bicyclic) bond motifs is 2. The molecule has 11 aromatic carbocycles. The summed E-state index contributed by atoms with van der Waals surface area (Å²) in [7, 11) is 0. The summed E-state index contributed by atoms with van der Waals surface area (Å²) in [6.45, 7) is 6.96. The van der Waals surface area contributed by atoms with E-state index in [1.54, 1.807) is 0 Å². The SMILES string of the molecule is C=c1c2cccc3c4ccccc4c4c5ccccc5c1c(/C=C\C)c1ccc(-c5ccccc5-c5nc(-c6ccccc6)nc(-c6ccccc6)n5)cc1c4c23. The van der Waals surface area contributed by atoms with Crippen molar-refractivity contribution in [3.05, 3.63) is 187 Å². The molecule has 0 spiro atoms. The first kappa shape index (κ1) is 32.9. The molecule has 0 unspecified atom stereocenters. The standard InChI is InChI=1S/C54H35N3/c1-3-17-41-40-31-30-36(38-22-10-15-27-46(38)54-56-52(34-18-6-4-7-19-34)55-53(57-54)35-20-8-5-9-21-35)32-47(40)51-49-37-28-16-29-43(49)39-23-11-12-24-42(39)50(51)45-26-14-13-25-44(45)48(41)33(37)2/h3-32H,2H2,1H3/b17-3-,41-40?,48-41?,48-44?,50-45?,51-47?. The van der Waals surface area contributed by atoms with Gasteiger partial charge in [0.05, 0.1) is 0 Å². The molecule has 0 amide bonds. The molecule has 0 radical (unpaired) electrons. The Bertz CT molecular complexity index is 3420. The van der Waals surface area contributed by atoms with Gasteiger partial charge in [0.15, 0.2) is 17.5 Å². The molecule has 57 heavy (non-hydrogen) atoms. The van der Waals surface area contributed by atoms with E-state index in [-0.39, 0.29) is 0 Å². The zero-order valence-corrected chi connectivity index (χ0v) is 31.4. The van der Waals surface area contributed by atoms with Crippen LogP contribution in [0.3, 0.4) is 0 Å². The maximum atomic E-state index is 5.15. The van der Waals surface area contributed by atoms with Crippen LogP contribution in [0.25, 0.3) is 123 Å².